The lowest BCUT2D eigenvalue weighted by atomic mass is 10.2. The van der Waals surface area contributed by atoms with Crippen molar-refractivity contribution >= 4 is 28.9 Å². The van der Waals surface area contributed by atoms with Gasteiger partial charge in [0.05, 0.1) is 11.4 Å². The van der Waals surface area contributed by atoms with Crippen LogP contribution in [0.25, 0.3) is 0 Å². The monoisotopic (exact) mass is 373 g/mol. The molecule has 0 saturated carbocycles. The van der Waals surface area contributed by atoms with E-state index < -0.39 is 0 Å². The van der Waals surface area contributed by atoms with Gasteiger partial charge in [-0.2, -0.15) is 0 Å². The van der Waals surface area contributed by atoms with Gasteiger partial charge in [-0.25, -0.2) is 0 Å². The molecule has 0 spiro atoms. The summed E-state index contributed by atoms with van der Waals surface area (Å²) in [6.07, 6.45) is 0. The number of rotatable bonds is 5. The Morgan fingerprint density at radius 3 is 2.65 bits per heavy atom. The van der Waals surface area contributed by atoms with E-state index in [1.165, 1.54) is 0 Å². The number of nitrogens with one attached hydrogen (secondary N) is 1. The van der Waals surface area contributed by atoms with Crippen LogP contribution >= 0.6 is 11.6 Å². The second kappa shape index (κ2) is 8.43. The maximum Gasteiger partial charge on any atom is 0.262 e. The molecule has 0 atom stereocenters. The van der Waals surface area contributed by atoms with Gasteiger partial charge in [0, 0.05) is 31.2 Å². The van der Waals surface area contributed by atoms with Crippen molar-refractivity contribution < 1.29 is 9.53 Å². The molecule has 1 aliphatic heterocycles. The Balaban J connectivity index is 1.66. The molecular formula is C20H24ClN3O2. The third kappa shape index (κ3) is 4.90. The van der Waals surface area contributed by atoms with Gasteiger partial charge in [-0.15, -0.1) is 0 Å². The second-order valence-electron chi connectivity index (χ2n) is 6.61. The van der Waals surface area contributed by atoms with Crippen LogP contribution in [0.2, 0.25) is 5.02 Å². The number of benzene rings is 2. The summed E-state index contributed by atoms with van der Waals surface area (Å²) < 4.78 is 5.59. The summed E-state index contributed by atoms with van der Waals surface area (Å²) in [4.78, 5) is 16.9. The van der Waals surface area contributed by atoms with Gasteiger partial charge in [-0.05, 0) is 49.9 Å². The third-order valence-corrected chi connectivity index (χ3v) is 4.67. The highest BCUT2D eigenvalue weighted by Crippen LogP contribution is 2.30. The van der Waals surface area contributed by atoms with Crippen molar-refractivity contribution in [2.75, 3.05) is 50.1 Å². The predicted molar refractivity (Wildman–Crippen MR) is 106 cm³/mol. The van der Waals surface area contributed by atoms with Crippen LogP contribution in [0, 0.1) is 6.92 Å². The number of carbonyl (C=O) groups is 1. The zero-order valence-electron chi connectivity index (χ0n) is 15.2. The molecule has 5 nitrogen and oxygen atoms in total. The van der Waals surface area contributed by atoms with Gasteiger partial charge in [-0.1, -0.05) is 23.7 Å². The number of likely N-dealkylation sites (N-methyl/N-ethyl adjacent to an activating group) is 1. The Morgan fingerprint density at radius 2 is 1.92 bits per heavy atom. The minimum Gasteiger partial charge on any atom is -0.484 e. The number of anilines is 2. The van der Waals surface area contributed by atoms with Crippen LogP contribution in [0.1, 0.15) is 5.56 Å². The summed E-state index contributed by atoms with van der Waals surface area (Å²) in [6, 6.07) is 13.3. The zero-order valence-corrected chi connectivity index (χ0v) is 15.9. The largest absolute Gasteiger partial charge is 0.484 e. The molecule has 0 radical (unpaired) electrons. The molecule has 1 amide bonds. The first-order valence-corrected chi connectivity index (χ1v) is 9.11. The molecule has 2 aromatic rings. The van der Waals surface area contributed by atoms with Crippen LogP contribution < -0.4 is 15.0 Å². The first-order valence-electron chi connectivity index (χ1n) is 8.73. The molecule has 6 heteroatoms. The van der Waals surface area contributed by atoms with Crippen LogP contribution in [0.5, 0.6) is 5.75 Å². The van der Waals surface area contributed by atoms with Crippen LogP contribution in [0.3, 0.4) is 0 Å². The average Bonchev–Trinajstić information content (AvgIpc) is 2.61. The molecule has 0 unspecified atom stereocenters. The van der Waals surface area contributed by atoms with Gasteiger partial charge < -0.3 is 19.9 Å². The van der Waals surface area contributed by atoms with Crippen molar-refractivity contribution in [1.82, 2.24) is 4.90 Å². The Kier molecular flexibility index (Phi) is 6.01. The number of hydrogen-bond acceptors (Lipinski definition) is 4. The summed E-state index contributed by atoms with van der Waals surface area (Å²) in [5, 5.41) is 3.54. The maximum absolute atomic E-state index is 12.4. The number of ether oxygens (including phenoxy) is 1. The van der Waals surface area contributed by atoms with E-state index in [-0.39, 0.29) is 12.5 Å². The highest BCUT2D eigenvalue weighted by atomic mass is 35.5. The fourth-order valence-electron chi connectivity index (χ4n) is 2.97. The molecule has 2 aromatic carbocycles. The van der Waals surface area contributed by atoms with Gasteiger partial charge >= 0.3 is 0 Å². The molecule has 0 aromatic heterocycles. The molecule has 1 N–H and O–H groups in total. The molecule has 1 saturated heterocycles. The van der Waals surface area contributed by atoms with E-state index in [2.05, 4.69) is 22.2 Å². The summed E-state index contributed by atoms with van der Waals surface area (Å²) in [6.45, 7) is 5.76. The summed E-state index contributed by atoms with van der Waals surface area (Å²) in [7, 11) is 2.12. The molecule has 0 aliphatic carbocycles. The van der Waals surface area contributed by atoms with Crippen LogP contribution in [0.4, 0.5) is 11.4 Å². The van der Waals surface area contributed by atoms with E-state index >= 15 is 0 Å². The molecule has 0 bridgehead atoms. The van der Waals surface area contributed by atoms with Crippen molar-refractivity contribution in [3.8, 4) is 5.75 Å². The average molecular weight is 374 g/mol. The third-order valence-electron chi connectivity index (χ3n) is 4.44. The van der Waals surface area contributed by atoms with Gasteiger partial charge in [0.15, 0.2) is 6.61 Å². The van der Waals surface area contributed by atoms with E-state index in [1.54, 1.807) is 6.07 Å². The van der Waals surface area contributed by atoms with Gasteiger partial charge in [0.2, 0.25) is 0 Å². The Labute approximate surface area is 159 Å². The van der Waals surface area contributed by atoms with Crippen molar-refractivity contribution in [3.05, 3.63) is 53.1 Å². The van der Waals surface area contributed by atoms with E-state index in [1.807, 2.05) is 43.3 Å². The van der Waals surface area contributed by atoms with E-state index in [0.29, 0.717) is 10.8 Å². The predicted octanol–water partition coefficient (Wildman–Crippen LogP) is 3.42. The SMILES string of the molecule is Cc1cccc(OCC(=O)Nc2cc(Cl)ccc2N2CCN(C)CC2)c1. The first-order chi connectivity index (χ1) is 12.5. The quantitative estimate of drug-likeness (QED) is 0.872. The van der Waals surface area contributed by atoms with E-state index in [0.717, 1.165) is 43.1 Å². The van der Waals surface area contributed by atoms with Gasteiger partial charge in [0.1, 0.15) is 5.75 Å². The van der Waals surface area contributed by atoms with Crippen molar-refractivity contribution in [2.24, 2.45) is 0 Å². The standard InChI is InChI=1S/C20H24ClN3O2/c1-15-4-3-5-17(12-15)26-14-20(25)22-18-13-16(21)6-7-19(18)24-10-8-23(2)9-11-24/h3-7,12-13H,8-11,14H2,1-2H3,(H,22,25). The summed E-state index contributed by atoms with van der Waals surface area (Å²) in [5.74, 6) is 0.481. The normalized spacial score (nSPS) is 15.0. The molecular weight excluding hydrogens is 350 g/mol. The molecule has 26 heavy (non-hydrogen) atoms. The smallest absolute Gasteiger partial charge is 0.262 e. The molecule has 1 heterocycles. The second-order valence-corrected chi connectivity index (χ2v) is 7.04. The highest BCUT2D eigenvalue weighted by Gasteiger charge is 2.18. The minimum atomic E-state index is -0.204. The number of aryl methyl sites for hydroxylation is 1. The number of hydrogen-bond donors (Lipinski definition) is 1. The van der Waals surface area contributed by atoms with Crippen LogP contribution in [-0.4, -0.2) is 50.6 Å². The fraction of sp³-hybridized carbons (Fsp3) is 0.350. The Morgan fingerprint density at radius 1 is 1.15 bits per heavy atom. The number of halogens is 1. The van der Waals surface area contributed by atoms with E-state index in [9.17, 15) is 4.79 Å². The first kappa shape index (κ1) is 18.5. The fourth-order valence-corrected chi connectivity index (χ4v) is 3.14. The van der Waals surface area contributed by atoms with Crippen LogP contribution in [-0.2, 0) is 4.79 Å². The lowest BCUT2D eigenvalue weighted by Gasteiger charge is -2.35. The van der Waals surface area contributed by atoms with Crippen molar-refractivity contribution in [3.63, 3.8) is 0 Å². The Hall–Kier alpha value is -2.24. The van der Waals surface area contributed by atoms with Gasteiger partial charge in [-0.3, -0.25) is 4.79 Å². The van der Waals surface area contributed by atoms with E-state index in [4.69, 9.17) is 16.3 Å². The summed E-state index contributed by atoms with van der Waals surface area (Å²) >= 11 is 6.14. The molecule has 1 fully saturated rings. The lowest BCUT2D eigenvalue weighted by Crippen LogP contribution is -2.44. The summed E-state index contributed by atoms with van der Waals surface area (Å²) in [5.41, 5.74) is 2.81. The minimum absolute atomic E-state index is 0.0435. The zero-order chi connectivity index (χ0) is 18.5. The molecule has 3 rings (SSSR count). The molecule has 1 aliphatic rings. The van der Waals surface area contributed by atoms with Crippen LogP contribution in [0.15, 0.2) is 42.5 Å². The van der Waals surface area contributed by atoms with Crippen molar-refractivity contribution in [2.45, 2.75) is 6.92 Å². The number of carbonyl (C=O) groups excluding carboxylic acids is 1. The number of piperazine rings is 1. The molecule has 138 valence electrons. The van der Waals surface area contributed by atoms with Crippen molar-refractivity contribution in [1.29, 1.82) is 0 Å². The maximum atomic E-state index is 12.4. The lowest BCUT2D eigenvalue weighted by molar-refractivity contribution is -0.118. The Bertz CT molecular complexity index is 773. The van der Waals surface area contributed by atoms with Gasteiger partial charge in [0.25, 0.3) is 5.91 Å². The topological polar surface area (TPSA) is 44.8 Å². The number of nitrogens with zero attached hydrogens (tertiary/aromatic N) is 2. The highest BCUT2D eigenvalue weighted by molar-refractivity contribution is 6.31. The number of amides is 1.